The SMILES string of the molecule is C[C@@H](C[N+](=O)[O-])c1ccc2c(c1)CC1(C2)N=CNC1=O. The summed E-state index contributed by atoms with van der Waals surface area (Å²) in [6.07, 6.45) is 2.64. The average Bonchev–Trinajstić information content (AvgIpc) is 2.92. The fourth-order valence-corrected chi connectivity index (χ4v) is 2.97. The molecule has 1 unspecified atom stereocenters. The highest BCUT2D eigenvalue weighted by Gasteiger charge is 2.45. The lowest BCUT2D eigenvalue weighted by Crippen LogP contribution is -2.39. The second-order valence-corrected chi connectivity index (χ2v) is 5.56. The van der Waals surface area contributed by atoms with Crippen molar-refractivity contribution in [3.05, 3.63) is 45.0 Å². The predicted molar refractivity (Wildman–Crippen MR) is 73.5 cm³/mol. The number of rotatable bonds is 3. The Morgan fingerprint density at radius 2 is 2.20 bits per heavy atom. The highest BCUT2D eigenvalue weighted by Crippen LogP contribution is 2.36. The van der Waals surface area contributed by atoms with Crippen molar-refractivity contribution in [1.82, 2.24) is 5.32 Å². The van der Waals surface area contributed by atoms with E-state index >= 15 is 0 Å². The summed E-state index contributed by atoms with van der Waals surface area (Å²) >= 11 is 0. The van der Waals surface area contributed by atoms with Crippen molar-refractivity contribution >= 4 is 12.2 Å². The maximum Gasteiger partial charge on any atom is 0.253 e. The number of amides is 1. The van der Waals surface area contributed by atoms with Crippen molar-refractivity contribution in [3.8, 4) is 0 Å². The van der Waals surface area contributed by atoms with Crippen LogP contribution in [0.4, 0.5) is 0 Å². The first kappa shape index (κ1) is 12.8. The third kappa shape index (κ3) is 1.97. The molecule has 1 N–H and O–H groups in total. The van der Waals surface area contributed by atoms with Crippen molar-refractivity contribution in [2.24, 2.45) is 4.99 Å². The van der Waals surface area contributed by atoms with Crippen LogP contribution in [-0.4, -0.2) is 29.3 Å². The molecule has 0 aromatic heterocycles. The molecule has 2 atom stereocenters. The van der Waals surface area contributed by atoms with Gasteiger partial charge in [0, 0.05) is 23.7 Å². The van der Waals surface area contributed by atoms with Gasteiger partial charge in [-0.1, -0.05) is 25.1 Å². The topological polar surface area (TPSA) is 84.6 Å². The van der Waals surface area contributed by atoms with Crippen LogP contribution in [0, 0.1) is 10.1 Å². The van der Waals surface area contributed by atoms with Crippen molar-refractivity contribution in [1.29, 1.82) is 0 Å². The van der Waals surface area contributed by atoms with E-state index < -0.39 is 5.54 Å². The molecule has 0 saturated heterocycles. The van der Waals surface area contributed by atoms with Gasteiger partial charge in [0.25, 0.3) is 5.91 Å². The van der Waals surface area contributed by atoms with Crippen LogP contribution >= 0.6 is 0 Å². The number of aliphatic imine (C=N–C) groups is 1. The zero-order valence-electron chi connectivity index (χ0n) is 11.1. The van der Waals surface area contributed by atoms with E-state index in [0.29, 0.717) is 12.8 Å². The maximum atomic E-state index is 11.9. The summed E-state index contributed by atoms with van der Waals surface area (Å²) in [5.74, 6) is -0.193. The van der Waals surface area contributed by atoms with Crippen LogP contribution < -0.4 is 5.32 Å². The second kappa shape index (κ2) is 4.40. The number of hydrogen-bond acceptors (Lipinski definition) is 4. The summed E-state index contributed by atoms with van der Waals surface area (Å²) in [5.41, 5.74) is 2.44. The maximum absolute atomic E-state index is 11.9. The summed E-state index contributed by atoms with van der Waals surface area (Å²) in [6.45, 7) is 1.76. The van der Waals surface area contributed by atoms with E-state index in [1.807, 2.05) is 25.1 Å². The summed E-state index contributed by atoms with van der Waals surface area (Å²) in [6, 6.07) is 5.87. The van der Waals surface area contributed by atoms with E-state index in [9.17, 15) is 14.9 Å². The second-order valence-electron chi connectivity index (χ2n) is 5.56. The van der Waals surface area contributed by atoms with E-state index in [0.717, 1.165) is 16.7 Å². The highest BCUT2D eigenvalue weighted by atomic mass is 16.6. The molecule has 1 aliphatic heterocycles. The van der Waals surface area contributed by atoms with E-state index in [1.54, 1.807) is 0 Å². The van der Waals surface area contributed by atoms with Crippen molar-refractivity contribution in [3.63, 3.8) is 0 Å². The smallest absolute Gasteiger partial charge is 0.253 e. The van der Waals surface area contributed by atoms with Gasteiger partial charge < -0.3 is 5.32 Å². The Labute approximate surface area is 116 Å². The van der Waals surface area contributed by atoms with Gasteiger partial charge in [-0.05, 0) is 16.7 Å². The zero-order chi connectivity index (χ0) is 14.3. The van der Waals surface area contributed by atoms with Gasteiger partial charge >= 0.3 is 0 Å². The lowest BCUT2D eigenvalue weighted by Gasteiger charge is -2.15. The van der Waals surface area contributed by atoms with E-state index in [-0.39, 0.29) is 23.3 Å². The Kier molecular flexibility index (Phi) is 2.81. The lowest BCUT2D eigenvalue weighted by molar-refractivity contribution is -0.482. The quantitative estimate of drug-likeness (QED) is 0.660. The monoisotopic (exact) mass is 273 g/mol. The molecule has 20 heavy (non-hydrogen) atoms. The number of nitrogens with one attached hydrogen (secondary N) is 1. The number of fused-ring (bicyclic) bond motifs is 1. The Morgan fingerprint density at radius 1 is 1.45 bits per heavy atom. The van der Waals surface area contributed by atoms with Gasteiger partial charge in [0.1, 0.15) is 5.54 Å². The van der Waals surface area contributed by atoms with Crippen LogP contribution in [-0.2, 0) is 17.6 Å². The number of carbonyl (C=O) groups is 1. The van der Waals surface area contributed by atoms with Gasteiger partial charge in [-0.25, -0.2) is 0 Å². The molecule has 1 heterocycles. The zero-order valence-corrected chi connectivity index (χ0v) is 11.1. The van der Waals surface area contributed by atoms with Crippen LogP contribution in [0.2, 0.25) is 0 Å². The van der Waals surface area contributed by atoms with Gasteiger partial charge in [-0.3, -0.25) is 19.9 Å². The minimum atomic E-state index is -0.687. The summed E-state index contributed by atoms with van der Waals surface area (Å²) in [5, 5.41) is 13.2. The molecule has 0 bridgehead atoms. The first-order chi connectivity index (χ1) is 9.50. The molecule has 6 nitrogen and oxygen atoms in total. The number of nitrogens with zero attached hydrogens (tertiary/aromatic N) is 2. The van der Waals surface area contributed by atoms with Crippen LogP contribution in [0.1, 0.15) is 29.5 Å². The lowest BCUT2D eigenvalue weighted by atomic mass is 9.96. The highest BCUT2D eigenvalue weighted by molar-refractivity contribution is 6.01. The first-order valence-electron chi connectivity index (χ1n) is 6.58. The van der Waals surface area contributed by atoms with Crippen LogP contribution in [0.25, 0.3) is 0 Å². The summed E-state index contributed by atoms with van der Waals surface area (Å²) in [7, 11) is 0. The molecule has 3 rings (SSSR count). The van der Waals surface area contributed by atoms with Gasteiger partial charge in [0.05, 0.1) is 6.34 Å². The largest absolute Gasteiger partial charge is 0.315 e. The Morgan fingerprint density at radius 3 is 2.85 bits per heavy atom. The van der Waals surface area contributed by atoms with Crippen molar-refractivity contribution in [2.75, 3.05) is 6.54 Å². The number of hydrogen-bond donors (Lipinski definition) is 1. The van der Waals surface area contributed by atoms with Gasteiger partial charge in [0.2, 0.25) is 6.54 Å². The predicted octanol–water partition coefficient (Wildman–Crippen LogP) is 1.06. The van der Waals surface area contributed by atoms with Crippen LogP contribution in [0.5, 0.6) is 0 Å². The summed E-state index contributed by atoms with van der Waals surface area (Å²) in [4.78, 5) is 26.5. The van der Waals surface area contributed by atoms with Gasteiger partial charge in [0.15, 0.2) is 0 Å². The normalized spacial score (nSPS) is 24.8. The minimum Gasteiger partial charge on any atom is -0.315 e. The van der Waals surface area contributed by atoms with E-state index in [2.05, 4.69) is 10.3 Å². The van der Waals surface area contributed by atoms with Crippen molar-refractivity contribution in [2.45, 2.75) is 31.2 Å². The molecule has 1 aliphatic carbocycles. The molecular weight excluding hydrogens is 258 g/mol. The third-order valence-corrected chi connectivity index (χ3v) is 4.12. The molecule has 1 amide bonds. The van der Waals surface area contributed by atoms with Gasteiger partial charge in [-0.15, -0.1) is 0 Å². The minimum absolute atomic E-state index is 0.0615. The fourth-order valence-electron chi connectivity index (χ4n) is 2.97. The molecule has 0 radical (unpaired) electrons. The molecule has 1 aromatic rings. The standard InChI is InChI=1S/C14H15N3O3/c1-9(7-17(19)20)10-2-3-11-5-14(6-12(11)4-10)13(18)15-8-16-14/h2-4,8-9H,5-7H2,1H3,(H,15,16,18)/t9-,14?/m0/s1. The Balaban J connectivity index is 1.87. The average molecular weight is 273 g/mol. The molecule has 2 aliphatic rings. The molecule has 104 valence electrons. The number of nitro groups is 1. The molecule has 1 spiro atoms. The molecule has 0 saturated carbocycles. The molecular formula is C14H15N3O3. The van der Waals surface area contributed by atoms with Crippen molar-refractivity contribution < 1.29 is 9.72 Å². The molecule has 0 fully saturated rings. The Hall–Kier alpha value is -2.24. The first-order valence-corrected chi connectivity index (χ1v) is 6.58. The summed E-state index contributed by atoms with van der Waals surface area (Å²) < 4.78 is 0. The van der Waals surface area contributed by atoms with E-state index in [1.165, 1.54) is 6.34 Å². The van der Waals surface area contributed by atoms with Crippen LogP contribution in [0.15, 0.2) is 23.2 Å². The molecule has 6 heteroatoms. The van der Waals surface area contributed by atoms with Crippen LogP contribution in [0.3, 0.4) is 0 Å². The fraction of sp³-hybridized carbons (Fsp3) is 0.429. The number of benzene rings is 1. The number of carbonyl (C=O) groups excluding carboxylic acids is 1. The third-order valence-electron chi connectivity index (χ3n) is 4.12. The van der Waals surface area contributed by atoms with E-state index in [4.69, 9.17) is 0 Å². The Bertz CT molecular complexity index is 626. The van der Waals surface area contributed by atoms with Gasteiger partial charge in [-0.2, -0.15) is 0 Å². The molecule has 1 aromatic carbocycles.